The average Bonchev–Trinajstić information content (AvgIpc) is 2.17. The van der Waals surface area contributed by atoms with Gasteiger partial charge in [0.1, 0.15) is 0 Å². The molecule has 1 atom stereocenters. The molecule has 0 aromatic rings. The first-order valence-corrected chi connectivity index (χ1v) is 4.78. The first-order valence-electron chi connectivity index (χ1n) is 4.40. The summed E-state index contributed by atoms with van der Waals surface area (Å²) in [4.78, 5) is 12.6. The van der Waals surface area contributed by atoms with Crippen LogP contribution in [0.5, 0.6) is 0 Å². The zero-order chi connectivity index (χ0) is 9.90. The number of nitrogens with zero attached hydrogens (tertiary/aromatic N) is 1. The standard InChI is InChI=1S/C10H14ClNO/c1-3-10(12(2)9(11)13)7-5-4-6-8-10/h4-7H,3,8H2,1-2H3/t10-/m1/s1. The van der Waals surface area contributed by atoms with Crippen molar-refractivity contribution in [3.8, 4) is 0 Å². The van der Waals surface area contributed by atoms with Gasteiger partial charge < -0.3 is 4.90 Å². The van der Waals surface area contributed by atoms with Crippen LogP contribution in [0.4, 0.5) is 4.79 Å². The molecule has 0 unspecified atom stereocenters. The molecular formula is C10H14ClNO. The van der Waals surface area contributed by atoms with E-state index in [0.29, 0.717) is 0 Å². The maximum atomic E-state index is 11.0. The molecule has 0 spiro atoms. The summed E-state index contributed by atoms with van der Waals surface area (Å²) in [5.41, 5.74) is -0.215. The molecule has 1 rings (SSSR count). The van der Waals surface area contributed by atoms with Crippen LogP contribution in [0.1, 0.15) is 19.8 Å². The number of likely N-dealkylation sites (N-methyl/N-ethyl adjacent to an activating group) is 1. The van der Waals surface area contributed by atoms with Crippen LogP contribution in [0.3, 0.4) is 0 Å². The molecule has 0 saturated heterocycles. The zero-order valence-electron chi connectivity index (χ0n) is 7.96. The minimum Gasteiger partial charge on any atom is -0.323 e. The monoisotopic (exact) mass is 199 g/mol. The van der Waals surface area contributed by atoms with Gasteiger partial charge in [0.05, 0.1) is 5.54 Å². The maximum absolute atomic E-state index is 11.0. The van der Waals surface area contributed by atoms with Gasteiger partial charge in [-0.3, -0.25) is 4.79 Å². The van der Waals surface area contributed by atoms with Crippen LogP contribution in [0.2, 0.25) is 0 Å². The molecule has 3 heteroatoms. The Bertz CT molecular complexity index is 260. The number of allylic oxidation sites excluding steroid dienone is 2. The number of halogens is 1. The summed E-state index contributed by atoms with van der Waals surface area (Å²) < 4.78 is 0. The van der Waals surface area contributed by atoms with Gasteiger partial charge in [0.25, 0.3) is 0 Å². The van der Waals surface area contributed by atoms with Crippen molar-refractivity contribution in [1.29, 1.82) is 0 Å². The summed E-state index contributed by atoms with van der Waals surface area (Å²) in [5.74, 6) is 0. The quantitative estimate of drug-likeness (QED) is 0.495. The van der Waals surface area contributed by atoms with Gasteiger partial charge >= 0.3 is 5.37 Å². The lowest BCUT2D eigenvalue weighted by Gasteiger charge is -2.38. The first kappa shape index (κ1) is 10.3. The van der Waals surface area contributed by atoms with Crippen LogP contribution in [-0.2, 0) is 0 Å². The Morgan fingerprint density at radius 2 is 2.31 bits per heavy atom. The lowest BCUT2D eigenvalue weighted by atomic mass is 9.87. The Balaban J connectivity index is 2.87. The molecule has 0 aliphatic heterocycles. The van der Waals surface area contributed by atoms with Crippen molar-refractivity contribution in [2.45, 2.75) is 25.3 Å². The molecule has 13 heavy (non-hydrogen) atoms. The van der Waals surface area contributed by atoms with E-state index in [9.17, 15) is 4.79 Å². The van der Waals surface area contributed by atoms with Crippen LogP contribution >= 0.6 is 11.6 Å². The average molecular weight is 200 g/mol. The van der Waals surface area contributed by atoms with E-state index in [0.717, 1.165) is 12.8 Å². The number of hydrogen-bond donors (Lipinski definition) is 0. The van der Waals surface area contributed by atoms with Crippen LogP contribution in [0.25, 0.3) is 0 Å². The second kappa shape index (κ2) is 3.97. The second-order valence-corrected chi connectivity index (χ2v) is 3.58. The third-order valence-corrected chi connectivity index (χ3v) is 2.92. The van der Waals surface area contributed by atoms with Crippen molar-refractivity contribution >= 4 is 17.0 Å². The first-order chi connectivity index (χ1) is 6.12. The predicted molar refractivity (Wildman–Crippen MR) is 54.9 cm³/mol. The molecule has 1 aliphatic rings. The number of carbonyl (C=O) groups is 1. The molecule has 1 aliphatic carbocycles. The number of carbonyl (C=O) groups excluding carboxylic acids is 1. The molecule has 0 aromatic carbocycles. The third-order valence-electron chi connectivity index (χ3n) is 2.67. The second-order valence-electron chi connectivity index (χ2n) is 3.26. The SMILES string of the molecule is CC[C@@]1(N(C)C(=O)Cl)C=CC=CC1. The van der Waals surface area contributed by atoms with Crippen LogP contribution < -0.4 is 0 Å². The summed E-state index contributed by atoms with van der Waals surface area (Å²) in [5, 5.41) is -0.401. The van der Waals surface area contributed by atoms with Gasteiger partial charge in [-0.2, -0.15) is 0 Å². The van der Waals surface area contributed by atoms with E-state index in [1.165, 1.54) is 0 Å². The molecular weight excluding hydrogens is 186 g/mol. The van der Waals surface area contributed by atoms with Crippen molar-refractivity contribution in [3.63, 3.8) is 0 Å². The molecule has 72 valence electrons. The van der Waals surface area contributed by atoms with Crippen molar-refractivity contribution < 1.29 is 4.79 Å². The van der Waals surface area contributed by atoms with Crippen molar-refractivity contribution in [3.05, 3.63) is 24.3 Å². The highest BCUT2D eigenvalue weighted by Gasteiger charge is 2.32. The number of hydrogen-bond acceptors (Lipinski definition) is 1. The van der Waals surface area contributed by atoms with E-state index in [-0.39, 0.29) is 5.54 Å². The molecule has 1 amide bonds. The van der Waals surface area contributed by atoms with E-state index >= 15 is 0 Å². The van der Waals surface area contributed by atoms with Gasteiger partial charge in [-0.25, -0.2) is 0 Å². The van der Waals surface area contributed by atoms with E-state index in [4.69, 9.17) is 11.6 Å². The summed E-state index contributed by atoms with van der Waals surface area (Å²) in [6.45, 7) is 2.06. The fourth-order valence-electron chi connectivity index (χ4n) is 1.58. The van der Waals surface area contributed by atoms with E-state index < -0.39 is 5.37 Å². The lowest BCUT2D eigenvalue weighted by Crippen LogP contribution is -2.45. The zero-order valence-corrected chi connectivity index (χ0v) is 8.71. The highest BCUT2D eigenvalue weighted by molar-refractivity contribution is 6.62. The van der Waals surface area contributed by atoms with E-state index in [2.05, 4.69) is 13.0 Å². The van der Waals surface area contributed by atoms with Gasteiger partial charge in [-0.1, -0.05) is 31.2 Å². The van der Waals surface area contributed by atoms with Gasteiger partial charge in [0.2, 0.25) is 0 Å². The highest BCUT2D eigenvalue weighted by Crippen LogP contribution is 2.28. The fourth-order valence-corrected chi connectivity index (χ4v) is 1.74. The highest BCUT2D eigenvalue weighted by atomic mass is 35.5. The molecule has 0 saturated carbocycles. The minimum absolute atomic E-state index is 0.215. The normalized spacial score (nSPS) is 26.1. The molecule has 0 heterocycles. The number of amides is 1. The minimum atomic E-state index is -0.401. The van der Waals surface area contributed by atoms with Crippen LogP contribution in [-0.4, -0.2) is 22.9 Å². The van der Waals surface area contributed by atoms with Crippen molar-refractivity contribution in [2.75, 3.05) is 7.05 Å². The molecule has 0 N–H and O–H groups in total. The Labute approximate surface area is 83.9 Å². The lowest BCUT2D eigenvalue weighted by molar-refractivity contribution is 0.180. The van der Waals surface area contributed by atoms with E-state index in [1.54, 1.807) is 11.9 Å². The summed E-state index contributed by atoms with van der Waals surface area (Å²) in [7, 11) is 1.74. The van der Waals surface area contributed by atoms with Crippen LogP contribution in [0.15, 0.2) is 24.3 Å². The summed E-state index contributed by atoms with van der Waals surface area (Å²) in [6.07, 6.45) is 9.76. The molecule has 0 radical (unpaired) electrons. The Hall–Kier alpha value is -0.760. The summed E-state index contributed by atoms with van der Waals surface area (Å²) in [6, 6.07) is 0. The topological polar surface area (TPSA) is 20.3 Å². The van der Waals surface area contributed by atoms with Crippen molar-refractivity contribution in [2.24, 2.45) is 0 Å². The number of rotatable bonds is 2. The van der Waals surface area contributed by atoms with E-state index in [1.807, 2.05) is 18.2 Å². The van der Waals surface area contributed by atoms with Gasteiger partial charge in [-0.05, 0) is 24.4 Å². The van der Waals surface area contributed by atoms with Gasteiger partial charge in [0, 0.05) is 7.05 Å². The fraction of sp³-hybridized carbons (Fsp3) is 0.500. The molecule has 2 nitrogen and oxygen atoms in total. The Kier molecular flexibility index (Phi) is 3.15. The maximum Gasteiger partial charge on any atom is 0.316 e. The predicted octanol–water partition coefficient (Wildman–Crippen LogP) is 2.94. The Morgan fingerprint density at radius 1 is 1.62 bits per heavy atom. The largest absolute Gasteiger partial charge is 0.323 e. The Morgan fingerprint density at radius 3 is 2.69 bits per heavy atom. The molecule has 0 bridgehead atoms. The smallest absolute Gasteiger partial charge is 0.316 e. The molecule has 0 fully saturated rings. The third kappa shape index (κ3) is 1.94. The van der Waals surface area contributed by atoms with Crippen molar-refractivity contribution in [1.82, 2.24) is 4.90 Å². The van der Waals surface area contributed by atoms with Gasteiger partial charge in [-0.15, -0.1) is 0 Å². The summed E-state index contributed by atoms with van der Waals surface area (Å²) >= 11 is 5.46. The molecule has 0 aromatic heterocycles. The van der Waals surface area contributed by atoms with Crippen LogP contribution in [0, 0.1) is 0 Å². The van der Waals surface area contributed by atoms with Gasteiger partial charge in [0.15, 0.2) is 0 Å².